The molecule has 1 saturated carbocycles. The lowest BCUT2D eigenvalue weighted by Crippen LogP contribution is -2.50. The Morgan fingerprint density at radius 1 is 1.10 bits per heavy atom. The maximum Gasteiger partial charge on any atom is 0.320 e. The summed E-state index contributed by atoms with van der Waals surface area (Å²) in [6.07, 6.45) is 8.17. The van der Waals surface area contributed by atoms with Crippen LogP contribution < -0.4 is 0 Å². The zero-order valence-electron chi connectivity index (χ0n) is 12.1. The van der Waals surface area contributed by atoms with Gasteiger partial charge in [0.25, 0.3) is 0 Å². The lowest BCUT2D eigenvalue weighted by molar-refractivity contribution is -0.144. The molecule has 1 aliphatic heterocycles. The largest absolute Gasteiger partial charge is 0.480 e. The van der Waals surface area contributed by atoms with Crippen LogP contribution in [0.3, 0.4) is 0 Å². The Hall–Kier alpha value is -0.620. The predicted molar refractivity (Wildman–Crippen MR) is 77.5 cm³/mol. The summed E-state index contributed by atoms with van der Waals surface area (Å²) in [4.78, 5) is 13.6. The van der Waals surface area contributed by atoms with Crippen LogP contribution in [0.25, 0.3) is 0 Å². The zero-order chi connectivity index (χ0) is 14.8. The monoisotopic (exact) mass is 303 g/mol. The van der Waals surface area contributed by atoms with E-state index in [2.05, 4.69) is 4.90 Å². The van der Waals surface area contributed by atoms with Crippen molar-refractivity contribution in [1.29, 1.82) is 0 Å². The molecule has 5 nitrogen and oxygen atoms in total. The van der Waals surface area contributed by atoms with Crippen molar-refractivity contribution < 1.29 is 18.3 Å². The molecule has 6 heteroatoms. The van der Waals surface area contributed by atoms with E-state index in [9.17, 15) is 18.3 Å². The fourth-order valence-electron chi connectivity index (χ4n) is 3.64. The van der Waals surface area contributed by atoms with Crippen molar-refractivity contribution in [2.75, 3.05) is 12.8 Å². The summed E-state index contributed by atoms with van der Waals surface area (Å²) in [5.41, 5.74) is 0. The third-order valence-corrected chi connectivity index (χ3v) is 6.39. The Morgan fingerprint density at radius 2 is 1.85 bits per heavy atom. The Balaban J connectivity index is 2.12. The number of likely N-dealkylation sites (tertiary alicyclic amines) is 1. The minimum Gasteiger partial charge on any atom is -0.480 e. The van der Waals surface area contributed by atoms with Crippen molar-refractivity contribution in [3.8, 4) is 0 Å². The molecule has 0 aromatic carbocycles. The molecule has 0 amide bonds. The molecule has 20 heavy (non-hydrogen) atoms. The van der Waals surface area contributed by atoms with E-state index in [0.717, 1.165) is 45.1 Å². The number of carboxylic acids is 1. The van der Waals surface area contributed by atoms with Crippen molar-refractivity contribution in [3.63, 3.8) is 0 Å². The Labute approximate surface area is 121 Å². The van der Waals surface area contributed by atoms with Gasteiger partial charge in [0.1, 0.15) is 15.9 Å². The maximum absolute atomic E-state index is 11.8. The fraction of sp³-hybridized carbons (Fsp3) is 0.929. The molecule has 1 saturated heterocycles. The Morgan fingerprint density at radius 3 is 2.50 bits per heavy atom. The average molecular weight is 303 g/mol. The molecule has 0 aromatic heterocycles. The molecule has 0 aromatic rings. The maximum atomic E-state index is 11.8. The molecule has 0 bridgehead atoms. The number of carbonyl (C=O) groups is 1. The van der Waals surface area contributed by atoms with Gasteiger partial charge < -0.3 is 5.11 Å². The second-order valence-corrected chi connectivity index (χ2v) is 8.54. The van der Waals surface area contributed by atoms with Crippen LogP contribution in [-0.4, -0.2) is 54.5 Å². The number of sulfone groups is 1. The Kier molecular flexibility index (Phi) is 5.07. The molecular formula is C14H25NO4S. The summed E-state index contributed by atoms with van der Waals surface area (Å²) in [6.45, 7) is 0.790. The van der Waals surface area contributed by atoms with Gasteiger partial charge >= 0.3 is 5.97 Å². The number of rotatable bonds is 3. The molecule has 0 spiro atoms. The third kappa shape index (κ3) is 3.73. The van der Waals surface area contributed by atoms with E-state index in [1.807, 2.05) is 0 Å². The van der Waals surface area contributed by atoms with Crippen molar-refractivity contribution in [2.45, 2.75) is 68.7 Å². The van der Waals surface area contributed by atoms with Crippen LogP contribution in [0.2, 0.25) is 0 Å². The van der Waals surface area contributed by atoms with Crippen molar-refractivity contribution in [3.05, 3.63) is 0 Å². The lowest BCUT2D eigenvalue weighted by atomic mass is 9.92. The van der Waals surface area contributed by atoms with Crippen molar-refractivity contribution in [2.24, 2.45) is 0 Å². The molecule has 2 aliphatic rings. The molecule has 2 rings (SSSR count). The number of hydrogen-bond acceptors (Lipinski definition) is 4. The van der Waals surface area contributed by atoms with Gasteiger partial charge in [0.2, 0.25) is 0 Å². The van der Waals surface area contributed by atoms with Crippen LogP contribution in [0.15, 0.2) is 0 Å². The van der Waals surface area contributed by atoms with Crippen LogP contribution in [0.4, 0.5) is 0 Å². The van der Waals surface area contributed by atoms with E-state index >= 15 is 0 Å². The van der Waals surface area contributed by atoms with Crippen LogP contribution in [0.1, 0.15) is 51.4 Å². The van der Waals surface area contributed by atoms with Gasteiger partial charge in [-0.25, -0.2) is 8.42 Å². The minimum atomic E-state index is -3.02. The topological polar surface area (TPSA) is 74.7 Å². The van der Waals surface area contributed by atoms with Crippen LogP contribution in [-0.2, 0) is 14.6 Å². The van der Waals surface area contributed by atoms with Gasteiger partial charge in [0, 0.05) is 12.3 Å². The quantitative estimate of drug-likeness (QED) is 0.858. The SMILES string of the molecule is CS(=O)(=O)C1CCCC(N2CCCCCC2C(=O)O)C1. The average Bonchev–Trinajstić information content (AvgIpc) is 2.63. The lowest BCUT2D eigenvalue weighted by Gasteiger charge is -2.39. The van der Waals surface area contributed by atoms with E-state index in [0.29, 0.717) is 12.8 Å². The first-order chi connectivity index (χ1) is 9.39. The molecule has 2 fully saturated rings. The molecular weight excluding hydrogens is 278 g/mol. The second-order valence-electron chi connectivity index (χ2n) is 6.21. The predicted octanol–water partition coefficient (Wildman–Crippen LogP) is 1.67. The fourth-order valence-corrected chi connectivity index (χ4v) is 4.81. The highest BCUT2D eigenvalue weighted by atomic mass is 32.2. The highest BCUT2D eigenvalue weighted by Gasteiger charge is 2.37. The normalized spacial score (nSPS) is 33.5. The number of hydrogen-bond donors (Lipinski definition) is 1. The first-order valence-electron chi connectivity index (χ1n) is 7.57. The van der Waals surface area contributed by atoms with E-state index in [1.54, 1.807) is 0 Å². The van der Waals surface area contributed by atoms with Gasteiger partial charge in [-0.1, -0.05) is 19.3 Å². The highest BCUT2D eigenvalue weighted by molar-refractivity contribution is 7.91. The Bertz CT molecular complexity index is 448. The van der Waals surface area contributed by atoms with E-state index < -0.39 is 21.8 Å². The number of carboxylic acid groups (broad SMARTS) is 1. The van der Waals surface area contributed by atoms with E-state index in [4.69, 9.17) is 0 Å². The van der Waals surface area contributed by atoms with Gasteiger partial charge in [-0.05, 0) is 38.6 Å². The summed E-state index contributed by atoms with van der Waals surface area (Å²) in [6, 6.07) is -0.316. The standard InChI is InChI=1S/C14H25NO4S/c1-20(18,19)12-7-5-6-11(10-12)15-9-4-2-3-8-13(15)14(16)17/h11-13H,2-10H2,1H3,(H,16,17). The second kappa shape index (κ2) is 6.43. The summed E-state index contributed by atoms with van der Waals surface area (Å²) in [5.74, 6) is -0.756. The van der Waals surface area contributed by atoms with E-state index in [-0.39, 0.29) is 11.3 Å². The van der Waals surface area contributed by atoms with Gasteiger partial charge in [0.05, 0.1) is 5.25 Å². The van der Waals surface area contributed by atoms with E-state index in [1.165, 1.54) is 6.26 Å². The van der Waals surface area contributed by atoms with Crippen molar-refractivity contribution in [1.82, 2.24) is 4.90 Å². The highest BCUT2D eigenvalue weighted by Crippen LogP contribution is 2.31. The van der Waals surface area contributed by atoms with Crippen molar-refractivity contribution >= 4 is 15.8 Å². The molecule has 3 unspecified atom stereocenters. The summed E-state index contributed by atoms with van der Waals surface area (Å²) in [7, 11) is -3.02. The summed E-state index contributed by atoms with van der Waals surface area (Å²) in [5, 5.41) is 9.14. The molecule has 1 heterocycles. The molecule has 1 N–H and O–H groups in total. The number of nitrogens with zero attached hydrogens (tertiary/aromatic N) is 1. The third-order valence-electron chi connectivity index (χ3n) is 4.75. The zero-order valence-corrected chi connectivity index (χ0v) is 12.9. The molecule has 3 atom stereocenters. The van der Waals surface area contributed by atoms with Gasteiger partial charge in [-0.15, -0.1) is 0 Å². The van der Waals surface area contributed by atoms with Crippen LogP contribution >= 0.6 is 0 Å². The molecule has 0 radical (unpaired) electrons. The molecule has 1 aliphatic carbocycles. The minimum absolute atomic E-state index is 0.114. The number of aliphatic carboxylic acids is 1. The van der Waals surface area contributed by atoms with Gasteiger partial charge in [0.15, 0.2) is 0 Å². The van der Waals surface area contributed by atoms with Crippen LogP contribution in [0, 0.1) is 0 Å². The molecule has 116 valence electrons. The van der Waals surface area contributed by atoms with Gasteiger partial charge in [-0.3, -0.25) is 9.69 Å². The smallest absolute Gasteiger partial charge is 0.320 e. The summed E-state index contributed by atoms with van der Waals surface area (Å²) >= 11 is 0. The van der Waals surface area contributed by atoms with Gasteiger partial charge in [-0.2, -0.15) is 0 Å². The van der Waals surface area contributed by atoms with Crippen LogP contribution in [0.5, 0.6) is 0 Å². The first-order valence-corrected chi connectivity index (χ1v) is 9.52. The first kappa shape index (κ1) is 15.8. The summed E-state index contributed by atoms with van der Waals surface area (Å²) < 4.78 is 23.5.